The molecule has 3 nitrogen and oxygen atoms in total. The second-order valence-corrected chi connectivity index (χ2v) is 8.68. The first-order valence-electron chi connectivity index (χ1n) is 10.8. The Kier molecular flexibility index (Phi) is 4.64. The zero-order valence-corrected chi connectivity index (χ0v) is 16.8. The van der Waals surface area contributed by atoms with Crippen LogP contribution in [0.3, 0.4) is 0 Å². The van der Waals surface area contributed by atoms with Crippen molar-refractivity contribution in [1.82, 2.24) is 14.9 Å². The molecule has 5 rings (SSSR count). The van der Waals surface area contributed by atoms with E-state index in [0.717, 1.165) is 18.0 Å². The molecule has 1 saturated carbocycles. The van der Waals surface area contributed by atoms with E-state index in [1.165, 1.54) is 67.4 Å². The Hall–Kier alpha value is -2.26. The van der Waals surface area contributed by atoms with Crippen molar-refractivity contribution in [1.29, 1.82) is 0 Å². The minimum absolute atomic E-state index is 0.0625. The first-order chi connectivity index (χ1) is 13.7. The lowest BCUT2D eigenvalue weighted by Crippen LogP contribution is -2.36. The Bertz CT molecular complexity index is 962. The van der Waals surface area contributed by atoms with Crippen LogP contribution in [0.2, 0.25) is 0 Å². The molecule has 1 aromatic carbocycles. The van der Waals surface area contributed by atoms with Gasteiger partial charge in [0.25, 0.3) is 0 Å². The van der Waals surface area contributed by atoms with E-state index in [4.69, 9.17) is 4.98 Å². The van der Waals surface area contributed by atoms with Crippen LogP contribution >= 0.6 is 0 Å². The molecule has 0 bridgehead atoms. The maximum atomic E-state index is 5.10. The maximum Gasteiger partial charge on any atom is 0.0705 e. The van der Waals surface area contributed by atoms with Gasteiger partial charge in [-0.05, 0) is 81.0 Å². The van der Waals surface area contributed by atoms with Crippen molar-refractivity contribution in [3.63, 3.8) is 0 Å². The number of pyridine rings is 2. The van der Waals surface area contributed by atoms with Crippen molar-refractivity contribution in [2.24, 2.45) is 0 Å². The highest BCUT2D eigenvalue weighted by atomic mass is 15.2. The van der Waals surface area contributed by atoms with Crippen molar-refractivity contribution in [3.05, 3.63) is 71.7 Å². The molecule has 0 radical (unpaired) electrons. The second kappa shape index (κ2) is 7.29. The predicted octanol–water partition coefficient (Wildman–Crippen LogP) is 5.13. The molecule has 28 heavy (non-hydrogen) atoms. The van der Waals surface area contributed by atoms with Crippen LogP contribution in [0.5, 0.6) is 0 Å². The van der Waals surface area contributed by atoms with Crippen LogP contribution < -0.4 is 0 Å². The minimum atomic E-state index is 0.0625. The van der Waals surface area contributed by atoms with Gasteiger partial charge < -0.3 is 4.90 Å². The monoisotopic (exact) mass is 371 g/mol. The van der Waals surface area contributed by atoms with E-state index in [1.54, 1.807) is 0 Å². The molecular formula is C25H29N3. The lowest BCUT2D eigenvalue weighted by molar-refractivity contribution is 0.272. The van der Waals surface area contributed by atoms with E-state index in [1.807, 2.05) is 18.5 Å². The van der Waals surface area contributed by atoms with Crippen molar-refractivity contribution >= 4 is 10.9 Å². The smallest absolute Gasteiger partial charge is 0.0705 e. The molecule has 2 aliphatic rings. The first-order valence-corrected chi connectivity index (χ1v) is 10.8. The van der Waals surface area contributed by atoms with Gasteiger partial charge in [-0.25, -0.2) is 0 Å². The van der Waals surface area contributed by atoms with E-state index in [2.05, 4.69) is 53.2 Å². The fourth-order valence-electron chi connectivity index (χ4n) is 5.06. The molecule has 2 aromatic heterocycles. The van der Waals surface area contributed by atoms with Crippen LogP contribution in [0, 0.1) is 0 Å². The number of hydrogen-bond donors (Lipinski definition) is 0. The molecule has 1 aliphatic carbocycles. The summed E-state index contributed by atoms with van der Waals surface area (Å²) in [7, 11) is 0. The van der Waals surface area contributed by atoms with Crippen LogP contribution in [0.15, 0.2) is 54.9 Å². The largest absolute Gasteiger partial charge is 0.300 e. The molecule has 2 fully saturated rings. The Morgan fingerprint density at radius 2 is 2.04 bits per heavy atom. The van der Waals surface area contributed by atoms with Gasteiger partial charge in [-0.2, -0.15) is 0 Å². The summed E-state index contributed by atoms with van der Waals surface area (Å²) in [4.78, 5) is 12.1. The predicted molar refractivity (Wildman–Crippen MR) is 115 cm³/mol. The minimum Gasteiger partial charge on any atom is -0.300 e. The van der Waals surface area contributed by atoms with Gasteiger partial charge in [-0.3, -0.25) is 9.97 Å². The molecule has 3 heterocycles. The van der Waals surface area contributed by atoms with Gasteiger partial charge in [0.2, 0.25) is 0 Å². The van der Waals surface area contributed by atoms with Crippen LogP contribution in [-0.2, 0) is 11.8 Å². The van der Waals surface area contributed by atoms with E-state index in [0.29, 0.717) is 0 Å². The summed E-state index contributed by atoms with van der Waals surface area (Å²) in [5.41, 5.74) is 5.12. The molecule has 1 unspecified atom stereocenters. The number of benzene rings is 1. The highest BCUT2D eigenvalue weighted by molar-refractivity contribution is 5.79. The number of nitrogens with zero attached hydrogens (tertiary/aromatic N) is 3. The Morgan fingerprint density at radius 1 is 1.11 bits per heavy atom. The maximum absolute atomic E-state index is 5.10. The molecule has 0 spiro atoms. The highest BCUT2D eigenvalue weighted by Gasteiger charge is 2.41. The molecule has 0 N–H and O–H groups in total. The third-order valence-corrected chi connectivity index (χ3v) is 7.04. The van der Waals surface area contributed by atoms with Gasteiger partial charge in [0.05, 0.1) is 11.2 Å². The topological polar surface area (TPSA) is 29.0 Å². The molecule has 0 amide bonds. The summed E-state index contributed by atoms with van der Waals surface area (Å²) >= 11 is 0. The summed E-state index contributed by atoms with van der Waals surface area (Å²) in [6.07, 6.45) is 11.3. The van der Waals surface area contributed by atoms with Gasteiger partial charge in [0, 0.05) is 35.8 Å². The second-order valence-electron chi connectivity index (χ2n) is 8.68. The van der Waals surface area contributed by atoms with Gasteiger partial charge in [0.1, 0.15) is 0 Å². The summed E-state index contributed by atoms with van der Waals surface area (Å²) in [6.45, 7) is 4.79. The van der Waals surface area contributed by atoms with Crippen LogP contribution in [0.25, 0.3) is 10.9 Å². The van der Waals surface area contributed by atoms with E-state index in [-0.39, 0.29) is 5.41 Å². The first kappa shape index (κ1) is 17.8. The van der Waals surface area contributed by atoms with Gasteiger partial charge >= 0.3 is 0 Å². The summed E-state index contributed by atoms with van der Waals surface area (Å²) < 4.78 is 0. The van der Waals surface area contributed by atoms with Crippen molar-refractivity contribution in [2.45, 2.75) is 56.9 Å². The van der Waals surface area contributed by atoms with E-state index in [9.17, 15) is 0 Å². The van der Waals surface area contributed by atoms with Gasteiger partial charge in [0.15, 0.2) is 0 Å². The summed E-state index contributed by atoms with van der Waals surface area (Å²) in [5, 5.41) is 1.26. The van der Waals surface area contributed by atoms with Crippen LogP contribution in [0.4, 0.5) is 0 Å². The molecule has 144 valence electrons. The van der Waals surface area contributed by atoms with Gasteiger partial charge in [-0.15, -0.1) is 0 Å². The van der Waals surface area contributed by atoms with Gasteiger partial charge in [-0.1, -0.05) is 24.6 Å². The molecule has 1 saturated heterocycles. The Labute approximate surface area is 167 Å². The number of likely N-dealkylation sites (tertiary alicyclic amines) is 1. The van der Waals surface area contributed by atoms with Crippen molar-refractivity contribution in [3.8, 4) is 0 Å². The zero-order valence-electron chi connectivity index (χ0n) is 16.8. The van der Waals surface area contributed by atoms with Crippen molar-refractivity contribution in [2.75, 3.05) is 13.1 Å². The molecule has 3 heteroatoms. The van der Waals surface area contributed by atoms with E-state index < -0.39 is 0 Å². The van der Waals surface area contributed by atoms with Crippen LogP contribution in [0.1, 0.15) is 55.8 Å². The molecule has 3 aromatic rings. The number of hydrogen-bond acceptors (Lipinski definition) is 3. The zero-order chi connectivity index (χ0) is 19.0. The highest BCUT2D eigenvalue weighted by Crippen LogP contribution is 2.48. The average molecular weight is 372 g/mol. The quantitative estimate of drug-likeness (QED) is 0.623. The Morgan fingerprint density at radius 3 is 2.75 bits per heavy atom. The molecular weight excluding hydrogens is 342 g/mol. The fraction of sp³-hybridized carbons (Fsp3) is 0.440. The standard InChI is InChI=1S/C25H29N3/c1-19-5-3-15-28(19)16-11-20-7-9-23-21(17-20)8-10-24(27-23)25(12-4-13-25)22-6-2-14-26-18-22/h2,6-10,14,17-19H,3-5,11-13,15-16H2,1H3. The van der Waals surface area contributed by atoms with Crippen LogP contribution in [-0.4, -0.2) is 34.0 Å². The van der Waals surface area contributed by atoms with Crippen molar-refractivity contribution < 1.29 is 0 Å². The summed E-state index contributed by atoms with van der Waals surface area (Å²) in [6, 6.07) is 16.4. The fourth-order valence-corrected chi connectivity index (χ4v) is 5.06. The lowest BCUT2D eigenvalue weighted by Gasteiger charge is -2.41. The third-order valence-electron chi connectivity index (χ3n) is 7.04. The van der Waals surface area contributed by atoms with E-state index >= 15 is 0 Å². The normalized spacial score (nSPS) is 21.7. The SMILES string of the molecule is CC1CCCN1CCc1ccc2nc(C3(c4cccnc4)CCC3)ccc2c1. The Balaban J connectivity index is 1.39. The molecule has 1 atom stereocenters. The lowest BCUT2D eigenvalue weighted by atomic mass is 9.62. The number of fused-ring (bicyclic) bond motifs is 1. The molecule has 1 aliphatic heterocycles. The average Bonchev–Trinajstić information content (AvgIpc) is 3.11. The summed E-state index contributed by atoms with van der Waals surface area (Å²) in [5.74, 6) is 0. The number of rotatable bonds is 5. The number of aromatic nitrogens is 2. The third kappa shape index (κ3) is 3.12.